The summed E-state index contributed by atoms with van der Waals surface area (Å²) in [4.78, 5) is 29.6. The fraction of sp³-hybridized carbons (Fsp3) is 0.714. The standard InChI is InChI=1S/C28H47Cl2N3O3/c1-25(2,21-10-12-22(13-11-21)33(16-14-29)17-15-30)18-26(3,4)23(34)32(9)28(7,20-31-8)19-27(5,6)24(35)36/h10-13,31H,14-20H2,1-9H3,(H,35,36). The topological polar surface area (TPSA) is 72.9 Å². The first-order valence-corrected chi connectivity index (χ1v) is 13.7. The number of rotatable bonds is 15. The molecule has 0 spiro atoms. The lowest BCUT2D eigenvalue weighted by atomic mass is 9.70. The molecule has 1 unspecified atom stereocenters. The Labute approximate surface area is 228 Å². The number of nitrogens with zero attached hydrogens (tertiary/aromatic N) is 2. The van der Waals surface area contributed by atoms with Gasteiger partial charge in [-0.05, 0) is 63.8 Å². The second kappa shape index (κ2) is 12.8. The molecular weight excluding hydrogens is 497 g/mol. The quantitative estimate of drug-likeness (QED) is 0.281. The summed E-state index contributed by atoms with van der Waals surface area (Å²) in [6.07, 6.45) is 0.966. The average Bonchev–Trinajstić information content (AvgIpc) is 2.77. The van der Waals surface area contributed by atoms with E-state index in [0.29, 0.717) is 31.1 Å². The van der Waals surface area contributed by atoms with Gasteiger partial charge in [0.15, 0.2) is 0 Å². The van der Waals surface area contributed by atoms with Crippen LogP contribution in [0.5, 0.6) is 0 Å². The van der Waals surface area contributed by atoms with Crippen LogP contribution in [0.1, 0.15) is 66.9 Å². The lowest BCUT2D eigenvalue weighted by Gasteiger charge is -2.46. The van der Waals surface area contributed by atoms with Crippen molar-refractivity contribution in [2.24, 2.45) is 10.8 Å². The zero-order valence-electron chi connectivity index (χ0n) is 23.7. The predicted molar refractivity (Wildman–Crippen MR) is 153 cm³/mol. The van der Waals surface area contributed by atoms with Crippen LogP contribution >= 0.6 is 23.2 Å². The Morgan fingerprint density at radius 2 is 1.39 bits per heavy atom. The lowest BCUT2D eigenvalue weighted by molar-refractivity contribution is -0.154. The smallest absolute Gasteiger partial charge is 0.309 e. The largest absolute Gasteiger partial charge is 0.481 e. The molecule has 36 heavy (non-hydrogen) atoms. The third kappa shape index (κ3) is 8.26. The van der Waals surface area contributed by atoms with Crippen molar-refractivity contribution in [1.29, 1.82) is 0 Å². The van der Waals surface area contributed by atoms with Crippen molar-refractivity contribution >= 4 is 40.8 Å². The van der Waals surface area contributed by atoms with E-state index in [1.54, 1.807) is 25.8 Å². The van der Waals surface area contributed by atoms with Gasteiger partial charge in [0.25, 0.3) is 0 Å². The summed E-state index contributed by atoms with van der Waals surface area (Å²) >= 11 is 11.9. The second-order valence-electron chi connectivity index (χ2n) is 12.1. The third-order valence-electron chi connectivity index (χ3n) is 7.26. The molecule has 1 rings (SSSR count). The fourth-order valence-electron chi connectivity index (χ4n) is 5.39. The average molecular weight is 545 g/mol. The molecule has 2 N–H and O–H groups in total. The highest BCUT2D eigenvalue weighted by Gasteiger charge is 2.45. The minimum Gasteiger partial charge on any atom is -0.481 e. The number of halogens is 2. The van der Waals surface area contributed by atoms with E-state index in [0.717, 1.165) is 24.3 Å². The number of hydrogen-bond donors (Lipinski definition) is 2. The molecule has 0 saturated carbocycles. The molecule has 8 heteroatoms. The molecule has 0 aliphatic rings. The Morgan fingerprint density at radius 1 is 0.889 bits per heavy atom. The molecule has 0 aliphatic carbocycles. The number of anilines is 1. The lowest BCUT2D eigenvalue weighted by Crippen LogP contribution is -2.58. The van der Waals surface area contributed by atoms with Crippen LogP contribution in [0.25, 0.3) is 0 Å². The van der Waals surface area contributed by atoms with Crippen molar-refractivity contribution in [2.45, 2.75) is 72.3 Å². The van der Waals surface area contributed by atoms with Gasteiger partial charge in [0, 0.05) is 49.5 Å². The maximum absolute atomic E-state index is 13.9. The summed E-state index contributed by atoms with van der Waals surface area (Å²) in [6.45, 7) is 15.6. The number of carbonyl (C=O) groups is 2. The van der Waals surface area contributed by atoms with Crippen LogP contribution in [0, 0.1) is 10.8 Å². The van der Waals surface area contributed by atoms with Gasteiger partial charge in [-0.15, -0.1) is 23.2 Å². The Balaban J connectivity index is 3.16. The minimum atomic E-state index is -0.966. The maximum Gasteiger partial charge on any atom is 0.309 e. The molecule has 1 aromatic carbocycles. The van der Waals surface area contributed by atoms with Crippen LogP contribution in [-0.4, -0.2) is 72.9 Å². The molecule has 0 aromatic heterocycles. The van der Waals surface area contributed by atoms with Crippen molar-refractivity contribution in [3.8, 4) is 0 Å². The van der Waals surface area contributed by atoms with E-state index in [9.17, 15) is 14.7 Å². The molecule has 0 fully saturated rings. The number of likely N-dealkylation sites (N-methyl/N-ethyl adjacent to an activating group) is 2. The highest BCUT2D eigenvalue weighted by molar-refractivity contribution is 6.18. The Kier molecular flexibility index (Phi) is 11.6. The van der Waals surface area contributed by atoms with Crippen molar-refractivity contribution < 1.29 is 14.7 Å². The maximum atomic E-state index is 13.9. The normalized spacial score (nSPS) is 14.3. The van der Waals surface area contributed by atoms with Crippen LogP contribution < -0.4 is 10.2 Å². The molecule has 1 aromatic rings. The first kappa shape index (κ1) is 32.5. The Hall–Kier alpha value is -1.50. The van der Waals surface area contributed by atoms with Gasteiger partial charge in [-0.25, -0.2) is 0 Å². The molecular formula is C28H47Cl2N3O3. The van der Waals surface area contributed by atoms with E-state index < -0.39 is 22.3 Å². The molecule has 0 radical (unpaired) electrons. The summed E-state index contributed by atoms with van der Waals surface area (Å²) < 4.78 is 0. The van der Waals surface area contributed by atoms with Crippen molar-refractivity contribution in [2.75, 3.05) is 50.4 Å². The first-order chi connectivity index (χ1) is 16.5. The Morgan fingerprint density at radius 3 is 1.81 bits per heavy atom. The van der Waals surface area contributed by atoms with Gasteiger partial charge in [0.05, 0.1) is 11.0 Å². The first-order valence-electron chi connectivity index (χ1n) is 12.6. The van der Waals surface area contributed by atoms with E-state index in [2.05, 4.69) is 48.3 Å². The number of carboxylic acid groups (broad SMARTS) is 1. The summed E-state index contributed by atoms with van der Waals surface area (Å²) in [5.41, 5.74) is -0.326. The summed E-state index contributed by atoms with van der Waals surface area (Å²) in [5.74, 6) is 0.195. The number of hydrogen-bond acceptors (Lipinski definition) is 4. The molecule has 0 heterocycles. The number of benzene rings is 1. The monoisotopic (exact) mass is 543 g/mol. The van der Waals surface area contributed by atoms with Gasteiger partial charge in [0.1, 0.15) is 0 Å². The third-order valence-corrected chi connectivity index (χ3v) is 7.60. The molecule has 6 nitrogen and oxygen atoms in total. The SMILES string of the molecule is CNCC(C)(CC(C)(C)C(=O)O)N(C)C(=O)C(C)(C)CC(C)(C)c1ccc(N(CCCl)CCCl)cc1. The summed E-state index contributed by atoms with van der Waals surface area (Å²) in [6, 6.07) is 8.43. The van der Waals surface area contributed by atoms with Crippen molar-refractivity contribution in [3.63, 3.8) is 0 Å². The van der Waals surface area contributed by atoms with Crippen LogP contribution in [0.2, 0.25) is 0 Å². The molecule has 0 bridgehead atoms. The second-order valence-corrected chi connectivity index (χ2v) is 12.9. The van der Waals surface area contributed by atoms with E-state index in [1.807, 2.05) is 27.8 Å². The van der Waals surface area contributed by atoms with Gasteiger partial charge >= 0.3 is 5.97 Å². The van der Waals surface area contributed by atoms with Gasteiger partial charge < -0.3 is 20.2 Å². The molecule has 1 amide bonds. The molecule has 0 aliphatic heterocycles. The van der Waals surface area contributed by atoms with Crippen LogP contribution in [-0.2, 0) is 15.0 Å². The number of nitrogens with one attached hydrogen (secondary N) is 1. The van der Waals surface area contributed by atoms with Gasteiger partial charge in [-0.1, -0.05) is 39.8 Å². The molecule has 0 saturated heterocycles. The van der Waals surface area contributed by atoms with Crippen LogP contribution in [0.4, 0.5) is 5.69 Å². The fourth-order valence-corrected chi connectivity index (χ4v) is 5.80. The van der Waals surface area contributed by atoms with Gasteiger partial charge in [-0.3, -0.25) is 9.59 Å². The minimum absolute atomic E-state index is 0.00142. The van der Waals surface area contributed by atoms with Crippen molar-refractivity contribution in [1.82, 2.24) is 10.2 Å². The number of carboxylic acids is 1. The van der Waals surface area contributed by atoms with Crippen molar-refractivity contribution in [3.05, 3.63) is 29.8 Å². The zero-order chi connectivity index (χ0) is 27.9. The number of aliphatic carboxylic acids is 1. The van der Waals surface area contributed by atoms with E-state index in [1.165, 1.54) is 0 Å². The van der Waals surface area contributed by atoms with E-state index in [-0.39, 0.29) is 11.3 Å². The summed E-state index contributed by atoms with van der Waals surface area (Å²) in [7, 11) is 3.62. The highest BCUT2D eigenvalue weighted by Crippen LogP contribution is 2.40. The highest BCUT2D eigenvalue weighted by atomic mass is 35.5. The van der Waals surface area contributed by atoms with Gasteiger partial charge in [0.2, 0.25) is 5.91 Å². The molecule has 1 atom stereocenters. The summed E-state index contributed by atoms with van der Waals surface area (Å²) in [5, 5.41) is 12.9. The van der Waals surface area contributed by atoms with Crippen LogP contribution in [0.3, 0.4) is 0 Å². The molecule has 206 valence electrons. The van der Waals surface area contributed by atoms with Gasteiger partial charge in [-0.2, -0.15) is 0 Å². The van der Waals surface area contributed by atoms with E-state index in [4.69, 9.17) is 23.2 Å². The van der Waals surface area contributed by atoms with Crippen LogP contribution in [0.15, 0.2) is 24.3 Å². The Bertz CT molecular complexity index is 865. The van der Waals surface area contributed by atoms with E-state index >= 15 is 0 Å². The number of amides is 1. The predicted octanol–water partition coefficient (Wildman–Crippen LogP) is 5.60. The number of carbonyl (C=O) groups excluding carboxylic acids is 1. The zero-order valence-corrected chi connectivity index (χ0v) is 25.2. The number of alkyl halides is 2.